The molecular formula is C20H23N5O4. The molecule has 0 bridgehead atoms. The van der Waals surface area contributed by atoms with Crippen molar-refractivity contribution in [1.29, 1.82) is 0 Å². The maximum Gasteiger partial charge on any atom is 0.270 e. The smallest absolute Gasteiger partial charge is 0.270 e. The molecule has 0 radical (unpaired) electrons. The zero-order valence-corrected chi connectivity index (χ0v) is 16.3. The summed E-state index contributed by atoms with van der Waals surface area (Å²) < 4.78 is 0. The summed E-state index contributed by atoms with van der Waals surface area (Å²) in [6.07, 6.45) is 3.68. The molecule has 1 aliphatic rings. The van der Waals surface area contributed by atoms with E-state index in [4.69, 9.17) is 0 Å². The lowest BCUT2D eigenvalue weighted by Gasteiger charge is -2.39. The number of anilines is 2. The summed E-state index contributed by atoms with van der Waals surface area (Å²) in [7, 11) is 0. The summed E-state index contributed by atoms with van der Waals surface area (Å²) in [4.78, 5) is 23.3. The summed E-state index contributed by atoms with van der Waals surface area (Å²) in [6, 6.07) is 11.0. The highest BCUT2D eigenvalue weighted by Gasteiger charge is 2.25. The van der Waals surface area contributed by atoms with E-state index in [1.165, 1.54) is 24.3 Å². The van der Waals surface area contributed by atoms with E-state index >= 15 is 0 Å². The Bertz CT molecular complexity index is 929. The van der Waals surface area contributed by atoms with Crippen LogP contribution in [0.25, 0.3) is 0 Å². The number of nitro groups is 2. The zero-order valence-electron chi connectivity index (χ0n) is 16.3. The van der Waals surface area contributed by atoms with Crippen molar-refractivity contribution in [3.05, 3.63) is 68.3 Å². The molecule has 0 aliphatic carbocycles. The Morgan fingerprint density at radius 2 is 1.72 bits per heavy atom. The third kappa shape index (κ3) is 4.87. The highest BCUT2D eigenvalue weighted by atomic mass is 16.6. The first-order valence-electron chi connectivity index (χ1n) is 9.43. The number of nitro benzene ring substituents is 2. The molecule has 1 aliphatic heterocycles. The lowest BCUT2D eigenvalue weighted by molar-refractivity contribution is -0.385. The predicted molar refractivity (Wildman–Crippen MR) is 113 cm³/mol. The van der Waals surface area contributed by atoms with E-state index in [0.29, 0.717) is 23.2 Å². The van der Waals surface area contributed by atoms with Crippen molar-refractivity contribution in [2.75, 3.05) is 16.9 Å². The first-order valence-corrected chi connectivity index (χ1v) is 9.43. The summed E-state index contributed by atoms with van der Waals surface area (Å²) in [6.45, 7) is 5.28. The van der Waals surface area contributed by atoms with Crippen molar-refractivity contribution in [3.63, 3.8) is 0 Å². The lowest BCUT2D eigenvalue weighted by Crippen LogP contribution is -2.40. The number of hydrazone groups is 1. The molecule has 0 amide bonds. The van der Waals surface area contributed by atoms with Gasteiger partial charge in [0.05, 0.1) is 21.7 Å². The number of nitrogens with one attached hydrogen (secondary N) is 1. The maximum atomic E-state index is 11.2. The normalized spacial score (nSPS) is 19.3. The van der Waals surface area contributed by atoms with Gasteiger partial charge in [0, 0.05) is 48.1 Å². The fourth-order valence-corrected chi connectivity index (χ4v) is 3.62. The van der Waals surface area contributed by atoms with Gasteiger partial charge < -0.3 is 4.90 Å². The van der Waals surface area contributed by atoms with Crippen molar-refractivity contribution in [2.45, 2.75) is 32.7 Å². The van der Waals surface area contributed by atoms with Gasteiger partial charge in [-0.25, -0.2) is 0 Å². The summed E-state index contributed by atoms with van der Waals surface area (Å²) >= 11 is 0. The van der Waals surface area contributed by atoms with E-state index in [-0.39, 0.29) is 11.4 Å². The summed E-state index contributed by atoms with van der Waals surface area (Å²) in [5.41, 5.74) is 4.95. The number of rotatable bonds is 6. The van der Waals surface area contributed by atoms with Crippen molar-refractivity contribution < 1.29 is 9.85 Å². The van der Waals surface area contributed by atoms with Crippen molar-refractivity contribution >= 4 is 29.0 Å². The number of hydrogen-bond acceptors (Lipinski definition) is 7. The molecule has 1 N–H and O–H groups in total. The Hall–Kier alpha value is -3.49. The third-order valence-electron chi connectivity index (χ3n) is 5.15. The van der Waals surface area contributed by atoms with Gasteiger partial charge in [0.25, 0.3) is 11.4 Å². The number of nitrogens with zero attached hydrogens (tertiary/aromatic N) is 4. The van der Waals surface area contributed by atoms with Crippen LogP contribution in [0.5, 0.6) is 0 Å². The number of hydrogen-bond donors (Lipinski definition) is 1. The Balaban J connectivity index is 1.83. The van der Waals surface area contributed by atoms with E-state index < -0.39 is 9.85 Å². The largest absolute Gasteiger partial charge is 0.368 e. The minimum absolute atomic E-state index is 0.00330. The van der Waals surface area contributed by atoms with Crippen LogP contribution >= 0.6 is 0 Å². The molecule has 9 nitrogen and oxygen atoms in total. The Morgan fingerprint density at radius 1 is 1.07 bits per heavy atom. The molecule has 152 valence electrons. The van der Waals surface area contributed by atoms with Gasteiger partial charge in [0.15, 0.2) is 0 Å². The molecule has 2 atom stereocenters. The fourth-order valence-electron chi connectivity index (χ4n) is 3.62. The number of benzene rings is 2. The van der Waals surface area contributed by atoms with Gasteiger partial charge in [-0.1, -0.05) is 6.92 Å². The van der Waals surface area contributed by atoms with Gasteiger partial charge in [-0.05, 0) is 43.9 Å². The van der Waals surface area contributed by atoms with Gasteiger partial charge in [-0.15, -0.1) is 0 Å². The summed E-state index contributed by atoms with van der Waals surface area (Å²) in [5, 5.41) is 26.1. The number of piperidine rings is 1. The van der Waals surface area contributed by atoms with Crippen LogP contribution in [0.15, 0.2) is 47.6 Å². The van der Waals surface area contributed by atoms with E-state index in [2.05, 4.69) is 29.3 Å². The number of non-ortho nitro benzene ring substituents is 2. The van der Waals surface area contributed by atoms with Crippen molar-refractivity contribution in [3.8, 4) is 0 Å². The minimum Gasteiger partial charge on any atom is -0.368 e. The lowest BCUT2D eigenvalue weighted by atomic mass is 9.92. The van der Waals surface area contributed by atoms with Crippen LogP contribution in [-0.4, -0.2) is 28.6 Å². The molecule has 2 aromatic rings. The average Bonchev–Trinajstić information content (AvgIpc) is 2.68. The fraction of sp³-hybridized carbons (Fsp3) is 0.350. The SMILES string of the molecule is C[C@@H]1CCN(c2ccc([N+](=O)[O-])cc2C=NNc2ccc([N+](=O)[O-])cc2)[C@H](C)C1. The molecular weight excluding hydrogens is 374 g/mol. The summed E-state index contributed by atoms with van der Waals surface area (Å²) in [5.74, 6) is 0.653. The molecule has 1 saturated heterocycles. The molecule has 2 aromatic carbocycles. The molecule has 3 rings (SSSR count). The zero-order chi connectivity index (χ0) is 21.0. The van der Waals surface area contributed by atoms with Crippen LogP contribution in [0.4, 0.5) is 22.7 Å². The van der Waals surface area contributed by atoms with Crippen LogP contribution in [0.3, 0.4) is 0 Å². The topological polar surface area (TPSA) is 114 Å². The first-order chi connectivity index (χ1) is 13.8. The highest BCUT2D eigenvalue weighted by molar-refractivity contribution is 5.89. The quantitative estimate of drug-likeness (QED) is 0.434. The van der Waals surface area contributed by atoms with E-state index in [1.54, 1.807) is 24.4 Å². The predicted octanol–water partition coefficient (Wildman–Crippen LogP) is 4.57. The Kier molecular flexibility index (Phi) is 6.06. The molecule has 0 spiro atoms. The van der Waals surface area contributed by atoms with Gasteiger partial charge in [-0.2, -0.15) is 5.10 Å². The Morgan fingerprint density at radius 3 is 2.34 bits per heavy atom. The molecule has 1 fully saturated rings. The molecule has 9 heteroatoms. The second-order valence-electron chi connectivity index (χ2n) is 7.35. The molecule has 0 aromatic heterocycles. The minimum atomic E-state index is -0.469. The molecule has 0 saturated carbocycles. The van der Waals surface area contributed by atoms with Gasteiger partial charge in [0.2, 0.25) is 0 Å². The van der Waals surface area contributed by atoms with Gasteiger partial charge in [-0.3, -0.25) is 25.7 Å². The second-order valence-corrected chi connectivity index (χ2v) is 7.35. The maximum absolute atomic E-state index is 11.2. The van der Waals surface area contributed by atoms with E-state index in [9.17, 15) is 20.2 Å². The van der Waals surface area contributed by atoms with Crippen molar-refractivity contribution in [1.82, 2.24) is 0 Å². The standard InChI is InChI=1S/C20H23N5O4/c1-14-9-10-23(15(2)11-14)20-8-7-19(25(28)29)12-16(20)13-21-22-17-3-5-18(6-4-17)24(26)27/h3-8,12-15,22H,9-11H2,1-2H3/t14-,15-/m1/s1. The molecule has 1 heterocycles. The highest BCUT2D eigenvalue weighted by Crippen LogP contribution is 2.31. The van der Waals surface area contributed by atoms with Crippen LogP contribution in [-0.2, 0) is 0 Å². The molecule has 29 heavy (non-hydrogen) atoms. The van der Waals surface area contributed by atoms with Gasteiger partial charge in [0.1, 0.15) is 0 Å². The average molecular weight is 397 g/mol. The third-order valence-corrected chi connectivity index (χ3v) is 5.15. The monoisotopic (exact) mass is 397 g/mol. The van der Waals surface area contributed by atoms with E-state index in [1.807, 2.05) is 0 Å². The van der Waals surface area contributed by atoms with Crippen LogP contribution < -0.4 is 10.3 Å². The Labute approximate surface area is 168 Å². The second kappa shape index (κ2) is 8.68. The first kappa shape index (κ1) is 20.2. The van der Waals surface area contributed by atoms with Crippen LogP contribution in [0, 0.1) is 26.1 Å². The van der Waals surface area contributed by atoms with E-state index in [0.717, 1.165) is 25.1 Å². The van der Waals surface area contributed by atoms with Crippen LogP contribution in [0.2, 0.25) is 0 Å². The molecule has 0 unspecified atom stereocenters. The van der Waals surface area contributed by atoms with Crippen LogP contribution in [0.1, 0.15) is 32.3 Å². The van der Waals surface area contributed by atoms with Gasteiger partial charge >= 0.3 is 0 Å². The van der Waals surface area contributed by atoms with Crippen molar-refractivity contribution in [2.24, 2.45) is 11.0 Å².